The van der Waals surface area contributed by atoms with E-state index in [1.807, 2.05) is 24.0 Å². The lowest BCUT2D eigenvalue weighted by atomic mass is 9.99. The molecule has 0 N–H and O–H groups in total. The summed E-state index contributed by atoms with van der Waals surface area (Å²) in [5.41, 5.74) is 0.993. The predicted octanol–water partition coefficient (Wildman–Crippen LogP) is 3.20. The van der Waals surface area contributed by atoms with Gasteiger partial charge in [0.05, 0.1) is 6.20 Å². The number of carbonyl (C=O) groups is 1. The van der Waals surface area contributed by atoms with E-state index in [1.165, 1.54) is 0 Å². The van der Waals surface area contributed by atoms with Gasteiger partial charge in [-0.3, -0.25) is 9.78 Å². The maximum atomic E-state index is 12.3. The highest BCUT2D eigenvalue weighted by molar-refractivity contribution is 5.78. The fraction of sp³-hybridized carbons (Fsp3) is 0.647. The molecule has 2 rings (SSSR count). The molecule has 0 aromatic carbocycles. The Morgan fingerprint density at radius 3 is 2.52 bits per heavy atom. The van der Waals surface area contributed by atoms with Crippen LogP contribution >= 0.6 is 0 Å². The van der Waals surface area contributed by atoms with E-state index < -0.39 is 0 Å². The van der Waals surface area contributed by atoms with Gasteiger partial charge in [-0.25, -0.2) is 0 Å². The van der Waals surface area contributed by atoms with Gasteiger partial charge in [-0.1, -0.05) is 13.8 Å². The molecule has 0 atom stereocenters. The average Bonchev–Trinajstić information content (AvgIpc) is 2.51. The lowest BCUT2D eigenvalue weighted by molar-refractivity contribution is -0.137. The highest BCUT2D eigenvalue weighted by Gasteiger charge is 2.27. The molecule has 1 aliphatic rings. The molecular weight excluding hydrogens is 264 g/mol. The van der Waals surface area contributed by atoms with Crippen LogP contribution in [-0.4, -0.2) is 35.0 Å². The Labute approximate surface area is 127 Å². The van der Waals surface area contributed by atoms with Crippen molar-refractivity contribution in [3.8, 4) is 5.75 Å². The molecule has 4 nitrogen and oxygen atoms in total. The monoisotopic (exact) mass is 290 g/mol. The van der Waals surface area contributed by atoms with Gasteiger partial charge in [-0.05, 0) is 31.9 Å². The number of piperidine rings is 1. The van der Waals surface area contributed by atoms with Crippen molar-refractivity contribution in [3.63, 3.8) is 0 Å². The summed E-state index contributed by atoms with van der Waals surface area (Å²) in [6, 6.07) is 3.92. The van der Waals surface area contributed by atoms with Gasteiger partial charge in [0.2, 0.25) is 5.91 Å². The number of pyridine rings is 1. The molecule has 1 amide bonds. The Morgan fingerprint density at radius 1 is 1.33 bits per heavy atom. The minimum atomic E-state index is 0.184. The normalized spacial score (nSPS) is 16.3. The van der Waals surface area contributed by atoms with Crippen molar-refractivity contribution in [1.29, 1.82) is 0 Å². The van der Waals surface area contributed by atoms with E-state index in [0.717, 1.165) is 50.2 Å². The van der Waals surface area contributed by atoms with Crippen molar-refractivity contribution in [2.24, 2.45) is 5.92 Å². The van der Waals surface area contributed by atoms with Crippen molar-refractivity contribution in [2.45, 2.75) is 52.6 Å². The van der Waals surface area contributed by atoms with Crippen molar-refractivity contribution >= 4 is 5.91 Å². The molecule has 0 unspecified atom stereocenters. The van der Waals surface area contributed by atoms with Gasteiger partial charge in [0, 0.05) is 37.5 Å². The van der Waals surface area contributed by atoms with Gasteiger partial charge in [0.1, 0.15) is 11.9 Å². The quantitative estimate of drug-likeness (QED) is 0.836. The summed E-state index contributed by atoms with van der Waals surface area (Å²) >= 11 is 0. The van der Waals surface area contributed by atoms with Crippen LogP contribution < -0.4 is 4.74 Å². The van der Waals surface area contributed by atoms with Gasteiger partial charge in [0.15, 0.2) is 0 Å². The molecule has 0 spiro atoms. The topological polar surface area (TPSA) is 42.4 Å². The summed E-state index contributed by atoms with van der Waals surface area (Å²) in [4.78, 5) is 18.6. The standard InChI is InChI=1S/C17H26N2O2/c1-4-14(5-2)17(20)19-10-8-15(9-11-19)21-16-7-6-13(3)18-12-16/h6-7,12,14-15H,4-5,8-11H2,1-3H3. The van der Waals surface area contributed by atoms with Crippen LogP contribution in [0.25, 0.3) is 0 Å². The molecule has 0 aliphatic carbocycles. The number of aryl methyl sites for hydroxylation is 1. The Balaban J connectivity index is 1.83. The average molecular weight is 290 g/mol. The Bertz CT molecular complexity index is 446. The fourth-order valence-electron chi connectivity index (χ4n) is 2.81. The van der Waals surface area contributed by atoms with E-state index in [0.29, 0.717) is 5.91 Å². The third kappa shape index (κ3) is 4.19. The van der Waals surface area contributed by atoms with Crippen LogP contribution in [0.5, 0.6) is 5.75 Å². The van der Waals surface area contributed by atoms with Crippen LogP contribution in [0.4, 0.5) is 0 Å². The van der Waals surface area contributed by atoms with Crippen LogP contribution in [0.1, 0.15) is 45.2 Å². The second kappa shape index (κ2) is 7.43. The highest BCUT2D eigenvalue weighted by atomic mass is 16.5. The van der Waals surface area contributed by atoms with Crippen LogP contribution in [-0.2, 0) is 4.79 Å². The van der Waals surface area contributed by atoms with Gasteiger partial charge >= 0.3 is 0 Å². The van der Waals surface area contributed by atoms with Crippen LogP contribution in [0.15, 0.2) is 18.3 Å². The lowest BCUT2D eigenvalue weighted by Crippen LogP contribution is -2.44. The number of amides is 1. The minimum absolute atomic E-state index is 0.184. The highest BCUT2D eigenvalue weighted by Crippen LogP contribution is 2.21. The molecule has 1 aliphatic heterocycles. The first-order valence-corrected chi connectivity index (χ1v) is 8.02. The Morgan fingerprint density at radius 2 is 2.00 bits per heavy atom. The van der Waals surface area contributed by atoms with Crippen molar-refractivity contribution in [2.75, 3.05) is 13.1 Å². The number of nitrogens with zero attached hydrogens (tertiary/aromatic N) is 2. The lowest BCUT2D eigenvalue weighted by Gasteiger charge is -2.34. The molecular formula is C17H26N2O2. The molecule has 4 heteroatoms. The van der Waals surface area contributed by atoms with E-state index in [4.69, 9.17) is 4.74 Å². The predicted molar refractivity (Wildman–Crippen MR) is 83.3 cm³/mol. The number of carbonyl (C=O) groups excluding carboxylic acids is 1. The summed E-state index contributed by atoms with van der Waals surface area (Å²) in [6.07, 6.45) is 5.64. The number of ether oxygens (including phenoxy) is 1. The number of aromatic nitrogens is 1. The summed E-state index contributed by atoms with van der Waals surface area (Å²) in [6.45, 7) is 7.75. The molecule has 2 heterocycles. The summed E-state index contributed by atoms with van der Waals surface area (Å²) < 4.78 is 5.95. The fourth-order valence-corrected chi connectivity index (χ4v) is 2.81. The third-order valence-corrected chi connectivity index (χ3v) is 4.28. The van der Waals surface area contributed by atoms with Crippen LogP contribution in [0, 0.1) is 12.8 Å². The molecule has 21 heavy (non-hydrogen) atoms. The zero-order chi connectivity index (χ0) is 15.2. The minimum Gasteiger partial charge on any atom is -0.489 e. The van der Waals surface area contributed by atoms with Crippen molar-refractivity contribution in [3.05, 3.63) is 24.0 Å². The first-order chi connectivity index (χ1) is 10.1. The van der Waals surface area contributed by atoms with E-state index >= 15 is 0 Å². The molecule has 1 fully saturated rings. The van der Waals surface area contributed by atoms with Crippen LogP contribution in [0.3, 0.4) is 0 Å². The molecule has 116 valence electrons. The molecule has 0 saturated carbocycles. The van der Waals surface area contributed by atoms with E-state index in [1.54, 1.807) is 6.20 Å². The third-order valence-electron chi connectivity index (χ3n) is 4.28. The molecule has 1 saturated heterocycles. The number of hydrogen-bond acceptors (Lipinski definition) is 3. The van der Waals surface area contributed by atoms with Crippen molar-refractivity contribution < 1.29 is 9.53 Å². The summed E-state index contributed by atoms with van der Waals surface area (Å²) in [5, 5.41) is 0. The van der Waals surface area contributed by atoms with Gasteiger partial charge in [-0.2, -0.15) is 0 Å². The molecule has 0 bridgehead atoms. The zero-order valence-corrected chi connectivity index (χ0v) is 13.3. The second-order valence-electron chi connectivity index (χ2n) is 5.79. The van der Waals surface area contributed by atoms with Gasteiger partial charge in [-0.15, -0.1) is 0 Å². The first-order valence-electron chi connectivity index (χ1n) is 8.02. The van der Waals surface area contributed by atoms with Gasteiger partial charge in [0.25, 0.3) is 0 Å². The van der Waals surface area contributed by atoms with E-state index in [9.17, 15) is 4.79 Å². The number of hydrogen-bond donors (Lipinski definition) is 0. The smallest absolute Gasteiger partial charge is 0.225 e. The Kier molecular flexibility index (Phi) is 5.59. The summed E-state index contributed by atoms with van der Waals surface area (Å²) in [5.74, 6) is 1.32. The van der Waals surface area contributed by atoms with Crippen molar-refractivity contribution in [1.82, 2.24) is 9.88 Å². The Hall–Kier alpha value is -1.58. The molecule has 1 aromatic rings. The zero-order valence-electron chi connectivity index (χ0n) is 13.3. The number of likely N-dealkylation sites (tertiary alicyclic amines) is 1. The SMILES string of the molecule is CCC(CC)C(=O)N1CCC(Oc2ccc(C)nc2)CC1. The first kappa shape index (κ1) is 15.8. The molecule has 1 aromatic heterocycles. The van der Waals surface area contributed by atoms with Gasteiger partial charge < -0.3 is 9.64 Å². The van der Waals surface area contributed by atoms with E-state index in [2.05, 4.69) is 18.8 Å². The number of rotatable bonds is 5. The second-order valence-corrected chi connectivity index (χ2v) is 5.79. The van der Waals surface area contributed by atoms with Crippen LogP contribution in [0.2, 0.25) is 0 Å². The summed E-state index contributed by atoms with van der Waals surface area (Å²) in [7, 11) is 0. The maximum Gasteiger partial charge on any atom is 0.225 e. The maximum absolute atomic E-state index is 12.3. The van der Waals surface area contributed by atoms with E-state index in [-0.39, 0.29) is 12.0 Å². The molecule has 0 radical (unpaired) electrons. The largest absolute Gasteiger partial charge is 0.489 e.